The third-order valence-electron chi connectivity index (χ3n) is 5.36. The lowest BCUT2D eigenvalue weighted by Gasteiger charge is -2.36. The van der Waals surface area contributed by atoms with Gasteiger partial charge in [0.15, 0.2) is 0 Å². The van der Waals surface area contributed by atoms with Gasteiger partial charge in [0, 0.05) is 18.9 Å². The number of hydrogen-bond acceptors (Lipinski definition) is 5. The standard InChI is InChI=1S/C23H34N4O4/c1-16(24-5)21(29)25-20(23(2,3)4)22(30)27-14-13-26(19(28)15-27)12-11-17-7-9-18(31-6)10-8-17/h7-10,13-14,16,20,24H,11-12,15H2,1-6H3,(H,25,29)/t16-,20+/m0/s1. The molecule has 1 aromatic rings. The topological polar surface area (TPSA) is 91.0 Å². The third-order valence-corrected chi connectivity index (χ3v) is 5.36. The second kappa shape index (κ2) is 10.4. The van der Waals surface area contributed by atoms with E-state index in [4.69, 9.17) is 4.74 Å². The summed E-state index contributed by atoms with van der Waals surface area (Å²) in [7, 11) is 3.31. The minimum atomic E-state index is -0.751. The molecule has 1 aliphatic rings. The third kappa shape index (κ3) is 6.55. The summed E-state index contributed by atoms with van der Waals surface area (Å²) >= 11 is 0. The van der Waals surface area contributed by atoms with Crippen molar-refractivity contribution < 1.29 is 19.1 Å². The van der Waals surface area contributed by atoms with Gasteiger partial charge in [0.05, 0.1) is 13.2 Å². The minimum absolute atomic E-state index is 0.0536. The molecule has 0 fully saturated rings. The minimum Gasteiger partial charge on any atom is -0.497 e. The van der Waals surface area contributed by atoms with Crippen LogP contribution in [0.3, 0.4) is 0 Å². The Bertz CT molecular complexity index is 814. The fourth-order valence-electron chi connectivity index (χ4n) is 3.14. The predicted octanol–water partition coefficient (Wildman–Crippen LogP) is 1.52. The second-order valence-electron chi connectivity index (χ2n) is 8.77. The van der Waals surface area contributed by atoms with Crippen LogP contribution in [-0.2, 0) is 20.8 Å². The van der Waals surface area contributed by atoms with Crippen LogP contribution in [0.15, 0.2) is 36.7 Å². The van der Waals surface area contributed by atoms with Crippen molar-refractivity contribution in [1.82, 2.24) is 20.4 Å². The number of carbonyl (C=O) groups is 3. The van der Waals surface area contributed by atoms with Crippen molar-refractivity contribution in [3.63, 3.8) is 0 Å². The Balaban J connectivity index is 2.03. The van der Waals surface area contributed by atoms with Crippen LogP contribution >= 0.6 is 0 Å². The maximum atomic E-state index is 13.1. The quantitative estimate of drug-likeness (QED) is 0.653. The summed E-state index contributed by atoms with van der Waals surface area (Å²) in [5.41, 5.74) is 0.581. The predicted molar refractivity (Wildman–Crippen MR) is 119 cm³/mol. The van der Waals surface area contributed by atoms with Crippen molar-refractivity contribution in [3.8, 4) is 5.75 Å². The number of nitrogens with one attached hydrogen (secondary N) is 2. The lowest BCUT2D eigenvalue weighted by Crippen LogP contribution is -2.58. The molecule has 2 rings (SSSR count). The Morgan fingerprint density at radius 3 is 2.32 bits per heavy atom. The van der Waals surface area contributed by atoms with E-state index in [2.05, 4.69) is 10.6 Å². The number of rotatable bonds is 8. The van der Waals surface area contributed by atoms with Gasteiger partial charge in [0.25, 0.3) is 0 Å². The van der Waals surface area contributed by atoms with E-state index in [1.165, 1.54) is 4.90 Å². The van der Waals surface area contributed by atoms with Gasteiger partial charge in [-0.3, -0.25) is 14.4 Å². The molecular weight excluding hydrogens is 396 g/mol. The van der Waals surface area contributed by atoms with Gasteiger partial charge in [0.2, 0.25) is 17.7 Å². The summed E-state index contributed by atoms with van der Waals surface area (Å²) < 4.78 is 5.16. The van der Waals surface area contributed by atoms with E-state index in [1.54, 1.807) is 38.4 Å². The molecule has 0 saturated heterocycles. The van der Waals surface area contributed by atoms with E-state index < -0.39 is 17.5 Å². The van der Waals surface area contributed by atoms with E-state index >= 15 is 0 Å². The number of hydrogen-bond donors (Lipinski definition) is 2. The first-order valence-corrected chi connectivity index (χ1v) is 10.5. The first-order chi connectivity index (χ1) is 14.6. The molecule has 0 aliphatic carbocycles. The largest absolute Gasteiger partial charge is 0.497 e. The van der Waals surface area contributed by atoms with Gasteiger partial charge in [-0.25, -0.2) is 0 Å². The van der Waals surface area contributed by atoms with Crippen molar-refractivity contribution in [1.29, 1.82) is 0 Å². The fraction of sp³-hybridized carbons (Fsp3) is 0.522. The lowest BCUT2D eigenvalue weighted by molar-refractivity contribution is -0.142. The zero-order valence-electron chi connectivity index (χ0n) is 19.3. The van der Waals surface area contributed by atoms with Crippen LogP contribution in [0, 0.1) is 5.41 Å². The van der Waals surface area contributed by atoms with Crippen molar-refractivity contribution in [3.05, 3.63) is 42.2 Å². The van der Waals surface area contributed by atoms with Gasteiger partial charge in [0.1, 0.15) is 18.3 Å². The molecule has 0 bridgehead atoms. The zero-order chi connectivity index (χ0) is 23.2. The number of likely N-dealkylation sites (N-methyl/N-ethyl adjacent to an activating group) is 1. The normalized spacial score (nSPS) is 16.1. The molecule has 8 heteroatoms. The van der Waals surface area contributed by atoms with Crippen molar-refractivity contribution in [2.45, 2.75) is 46.2 Å². The molecule has 0 spiro atoms. The van der Waals surface area contributed by atoms with Gasteiger partial charge in [-0.1, -0.05) is 32.9 Å². The van der Waals surface area contributed by atoms with Crippen LogP contribution < -0.4 is 15.4 Å². The molecule has 31 heavy (non-hydrogen) atoms. The van der Waals surface area contributed by atoms with Gasteiger partial charge in [-0.05, 0) is 43.5 Å². The number of ether oxygens (including phenoxy) is 1. The van der Waals surface area contributed by atoms with Gasteiger partial charge >= 0.3 is 0 Å². The summed E-state index contributed by atoms with van der Waals surface area (Å²) in [5, 5.41) is 5.69. The highest BCUT2D eigenvalue weighted by Gasteiger charge is 2.37. The van der Waals surface area contributed by atoms with E-state index in [0.717, 1.165) is 11.3 Å². The monoisotopic (exact) mass is 430 g/mol. The van der Waals surface area contributed by atoms with E-state index in [0.29, 0.717) is 13.0 Å². The number of amides is 3. The average molecular weight is 431 g/mol. The molecule has 0 unspecified atom stereocenters. The van der Waals surface area contributed by atoms with Crippen LogP contribution in [0.25, 0.3) is 0 Å². The van der Waals surface area contributed by atoms with E-state index in [-0.39, 0.29) is 24.3 Å². The smallest absolute Gasteiger partial charge is 0.250 e. The average Bonchev–Trinajstić information content (AvgIpc) is 2.74. The maximum Gasteiger partial charge on any atom is 0.250 e. The highest BCUT2D eigenvalue weighted by Crippen LogP contribution is 2.22. The molecule has 2 N–H and O–H groups in total. The Hall–Kier alpha value is -2.87. The van der Waals surface area contributed by atoms with Crippen LogP contribution in [-0.4, -0.2) is 66.9 Å². The summed E-state index contributed by atoms with van der Waals surface area (Å²) in [6.45, 7) is 7.85. The van der Waals surface area contributed by atoms with Gasteiger partial charge in [-0.15, -0.1) is 0 Å². The van der Waals surface area contributed by atoms with E-state index in [9.17, 15) is 14.4 Å². The molecule has 1 heterocycles. The second-order valence-corrected chi connectivity index (χ2v) is 8.77. The molecular formula is C23H34N4O4. The van der Waals surface area contributed by atoms with Crippen LogP contribution in [0.4, 0.5) is 0 Å². The molecule has 0 radical (unpaired) electrons. The highest BCUT2D eigenvalue weighted by atomic mass is 16.5. The van der Waals surface area contributed by atoms with Crippen LogP contribution in [0.5, 0.6) is 5.75 Å². The SMILES string of the molecule is CN[C@@H](C)C(=O)N[C@H](C(=O)N1C=CN(CCc2ccc(OC)cc2)C(=O)C1)C(C)(C)C. The molecule has 1 aromatic carbocycles. The molecule has 0 saturated carbocycles. The molecule has 1 aliphatic heterocycles. The Labute approximate surface area is 184 Å². The number of methoxy groups -OCH3 is 1. The maximum absolute atomic E-state index is 13.1. The number of carbonyl (C=O) groups excluding carboxylic acids is 3. The van der Waals surface area contributed by atoms with Gasteiger partial charge in [-0.2, -0.15) is 0 Å². The summed E-state index contributed by atoms with van der Waals surface area (Å²) in [6, 6.07) is 6.54. The number of benzene rings is 1. The molecule has 2 atom stereocenters. The first kappa shape index (κ1) is 24.4. The van der Waals surface area contributed by atoms with Crippen LogP contribution in [0.2, 0.25) is 0 Å². The summed E-state index contributed by atoms with van der Waals surface area (Å²) in [5.74, 6) is 0.0659. The number of nitrogens with zero attached hydrogens (tertiary/aromatic N) is 2. The van der Waals surface area contributed by atoms with Crippen molar-refractivity contribution in [2.24, 2.45) is 5.41 Å². The Kier molecular flexibility index (Phi) is 8.21. The zero-order valence-corrected chi connectivity index (χ0v) is 19.3. The Morgan fingerprint density at radius 2 is 1.81 bits per heavy atom. The van der Waals surface area contributed by atoms with Crippen molar-refractivity contribution >= 4 is 17.7 Å². The summed E-state index contributed by atoms with van der Waals surface area (Å²) in [4.78, 5) is 41.1. The molecule has 3 amide bonds. The highest BCUT2D eigenvalue weighted by molar-refractivity contribution is 5.93. The van der Waals surface area contributed by atoms with E-state index in [1.807, 2.05) is 45.0 Å². The molecule has 170 valence electrons. The fourth-order valence-corrected chi connectivity index (χ4v) is 3.14. The Morgan fingerprint density at radius 1 is 1.16 bits per heavy atom. The first-order valence-electron chi connectivity index (χ1n) is 10.5. The lowest BCUT2D eigenvalue weighted by atomic mass is 9.85. The van der Waals surface area contributed by atoms with Gasteiger partial charge < -0.3 is 25.2 Å². The molecule has 8 nitrogen and oxygen atoms in total. The van der Waals surface area contributed by atoms with Crippen LogP contribution in [0.1, 0.15) is 33.3 Å². The molecule has 0 aromatic heterocycles. The van der Waals surface area contributed by atoms with Crippen molar-refractivity contribution in [2.75, 3.05) is 27.2 Å². The summed E-state index contributed by atoms with van der Waals surface area (Å²) in [6.07, 6.45) is 3.94.